The highest BCUT2D eigenvalue weighted by atomic mass is 16.3. The van der Waals surface area contributed by atoms with Crippen LogP contribution in [0.5, 0.6) is 0 Å². The lowest BCUT2D eigenvalue weighted by atomic mass is 9.99. The molecule has 0 aliphatic heterocycles. The van der Waals surface area contributed by atoms with Crippen LogP contribution in [0.1, 0.15) is 85.0 Å². The second-order valence-electron chi connectivity index (χ2n) is 5.23. The normalized spacial score (nSPS) is 14.8. The zero-order valence-corrected chi connectivity index (χ0v) is 12.2. The highest BCUT2D eigenvalue weighted by Crippen LogP contribution is 2.18. The van der Waals surface area contributed by atoms with E-state index in [4.69, 9.17) is 0 Å². The van der Waals surface area contributed by atoms with Crippen molar-refractivity contribution >= 4 is 0 Å². The predicted molar refractivity (Wildman–Crippen MR) is 76.1 cm³/mol. The molecule has 1 unspecified atom stereocenters. The standard InChI is InChI=1S/C15H33NO/c1-4-7-9-11-14-16-15(17,12-6-3)13-10-8-5-2/h16-17H,4-14H2,1-3H3. The number of rotatable bonds is 12. The van der Waals surface area contributed by atoms with Crippen molar-refractivity contribution in [3.8, 4) is 0 Å². The van der Waals surface area contributed by atoms with Crippen molar-refractivity contribution < 1.29 is 5.11 Å². The van der Waals surface area contributed by atoms with Gasteiger partial charge in [-0.3, -0.25) is 5.32 Å². The minimum Gasteiger partial charge on any atom is -0.376 e. The second-order valence-corrected chi connectivity index (χ2v) is 5.23. The summed E-state index contributed by atoms with van der Waals surface area (Å²) >= 11 is 0. The van der Waals surface area contributed by atoms with Crippen LogP contribution in [-0.2, 0) is 0 Å². The molecule has 0 amide bonds. The van der Waals surface area contributed by atoms with Crippen LogP contribution in [-0.4, -0.2) is 17.4 Å². The van der Waals surface area contributed by atoms with Crippen LogP contribution in [0.15, 0.2) is 0 Å². The third kappa shape index (κ3) is 9.61. The molecular weight excluding hydrogens is 210 g/mol. The molecule has 2 nitrogen and oxygen atoms in total. The van der Waals surface area contributed by atoms with E-state index in [9.17, 15) is 5.11 Å². The number of hydrogen-bond donors (Lipinski definition) is 2. The molecule has 0 radical (unpaired) electrons. The maximum absolute atomic E-state index is 10.5. The lowest BCUT2D eigenvalue weighted by Crippen LogP contribution is -2.45. The third-order valence-electron chi connectivity index (χ3n) is 3.34. The number of hydrogen-bond acceptors (Lipinski definition) is 2. The molecule has 0 heterocycles. The zero-order chi connectivity index (χ0) is 13.0. The molecule has 0 saturated carbocycles. The SMILES string of the molecule is CCCCCCNC(O)(CCC)CCCCC. The van der Waals surface area contributed by atoms with E-state index >= 15 is 0 Å². The Labute approximate surface area is 108 Å². The number of unbranched alkanes of at least 4 members (excludes halogenated alkanes) is 5. The van der Waals surface area contributed by atoms with Crippen molar-refractivity contribution in [3.05, 3.63) is 0 Å². The van der Waals surface area contributed by atoms with Crippen LogP contribution in [0, 0.1) is 0 Å². The van der Waals surface area contributed by atoms with Crippen molar-refractivity contribution in [3.63, 3.8) is 0 Å². The molecule has 0 saturated heterocycles. The average molecular weight is 243 g/mol. The summed E-state index contributed by atoms with van der Waals surface area (Å²) in [6.45, 7) is 7.54. The topological polar surface area (TPSA) is 32.3 Å². The van der Waals surface area contributed by atoms with E-state index in [1.54, 1.807) is 0 Å². The zero-order valence-electron chi connectivity index (χ0n) is 12.2. The van der Waals surface area contributed by atoms with E-state index in [1.807, 2.05) is 0 Å². The average Bonchev–Trinajstić information content (AvgIpc) is 2.29. The smallest absolute Gasteiger partial charge is 0.116 e. The summed E-state index contributed by atoms with van der Waals surface area (Å²) in [5.41, 5.74) is -0.601. The molecule has 0 aromatic carbocycles. The summed E-state index contributed by atoms with van der Waals surface area (Å²) in [4.78, 5) is 0. The number of nitrogens with one attached hydrogen (secondary N) is 1. The Bertz CT molecular complexity index is 161. The first kappa shape index (κ1) is 16.9. The van der Waals surface area contributed by atoms with Gasteiger partial charge in [0, 0.05) is 0 Å². The van der Waals surface area contributed by atoms with Gasteiger partial charge in [-0.1, -0.05) is 59.3 Å². The summed E-state index contributed by atoms with van der Waals surface area (Å²) in [5, 5.41) is 13.9. The van der Waals surface area contributed by atoms with E-state index < -0.39 is 5.72 Å². The van der Waals surface area contributed by atoms with Crippen LogP contribution < -0.4 is 5.32 Å². The van der Waals surface area contributed by atoms with E-state index in [0.717, 1.165) is 32.2 Å². The molecule has 0 aliphatic rings. The van der Waals surface area contributed by atoms with Gasteiger partial charge in [-0.05, 0) is 32.2 Å². The molecule has 0 spiro atoms. The van der Waals surface area contributed by atoms with E-state index in [-0.39, 0.29) is 0 Å². The van der Waals surface area contributed by atoms with Gasteiger partial charge in [0.25, 0.3) is 0 Å². The van der Waals surface area contributed by atoms with E-state index in [0.29, 0.717) is 0 Å². The lowest BCUT2D eigenvalue weighted by molar-refractivity contribution is -0.0138. The minimum atomic E-state index is -0.601. The maximum atomic E-state index is 10.5. The number of aliphatic hydroxyl groups is 1. The van der Waals surface area contributed by atoms with E-state index in [1.165, 1.54) is 38.5 Å². The fraction of sp³-hybridized carbons (Fsp3) is 1.00. The Morgan fingerprint density at radius 2 is 1.41 bits per heavy atom. The van der Waals surface area contributed by atoms with Gasteiger partial charge >= 0.3 is 0 Å². The van der Waals surface area contributed by atoms with Gasteiger partial charge in [0.2, 0.25) is 0 Å². The largest absolute Gasteiger partial charge is 0.376 e. The molecule has 0 rings (SSSR count). The predicted octanol–water partition coefficient (Wildman–Crippen LogP) is 4.23. The van der Waals surface area contributed by atoms with Crippen LogP contribution in [0.4, 0.5) is 0 Å². The first-order valence-electron chi connectivity index (χ1n) is 7.66. The molecule has 0 bridgehead atoms. The molecular formula is C15H33NO. The Kier molecular flexibility index (Phi) is 11.0. The van der Waals surface area contributed by atoms with Crippen LogP contribution in [0.25, 0.3) is 0 Å². The van der Waals surface area contributed by atoms with Crippen LogP contribution >= 0.6 is 0 Å². The van der Waals surface area contributed by atoms with Crippen molar-refractivity contribution in [2.24, 2.45) is 0 Å². The van der Waals surface area contributed by atoms with Crippen LogP contribution in [0.3, 0.4) is 0 Å². The van der Waals surface area contributed by atoms with Crippen molar-refractivity contribution in [1.82, 2.24) is 5.32 Å². The van der Waals surface area contributed by atoms with E-state index in [2.05, 4.69) is 26.1 Å². The Balaban J connectivity index is 3.77. The molecule has 1 atom stereocenters. The Hall–Kier alpha value is -0.0800. The molecule has 0 aromatic rings. The van der Waals surface area contributed by atoms with Crippen molar-refractivity contribution in [1.29, 1.82) is 0 Å². The molecule has 0 fully saturated rings. The first-order valence-corrected chi connectivity index (χ1v) is 7.66. The quantitative estimate of drug-likeness (QED) is 0.397. The fourth-order valence-electron chi connectivity index (χ4n) is 2.26. The van der Waals surface area contributed by atoms with Crippen LogP contribution in [0.2, 0.25) is 0 Å². The molecule has 17 heavy (non-hydrogen) atoms. The van der Waals surface area contributed by atoms with Gasteiger partial charge in [0.05, 0.1) is 0 Å². The minimum absolute atomic E-state index is 0.601. The highest BCUT2D eigenvalue weighted by molar-refractivity contribution is 4.75. The van der Waals surface area contributed by atoms with Gasteiger partial charge in [0.15, 0.2) is 0 Å². The lowest BCUT2D eigenvalue weighted by Gasteiger charge is -2.29. The monoisotopic (exact) mass is 243 g/mol. The molecule has 0 aliphatic carbocycles. The highest BCUT2D eigenvalue weighted by Gasteiger charge is 2.23. The molecule has 2 N–H and O–H groups in total. The van der Waals surface area contributed by atoms with Gasteiger partial charge in [-0.2, -0.15) is 0 Å². The van der Waals surface area contributed by atoms with Gasteiger partial charge in [-0.25, -0.2) is 0 Å². The molecule has 104 valence electrons. The summed E-state index contributed by atoms with van der Waals surface area (Å²) < 4.78 is 0. The molecule has 0 aromatic heterocycles. The Morgan fingerprint density at radius 1 is 0.765 bits per heavy atom. The van der Waals surface area contributed by atoms with Gasteiger partial charge < -0.3 is 5.11 Å². The molecule has 2 heteroatoms. The first-order chi connectivity index (χ1) is 8.18. The Morgan fingerprint density at radius 3 is 2.00 bits per heavy atom. The van der Waals surface area contributed by atoms with Gasteiger partial charge in [0.1, 0.15) is 5.72 Å². The van der Waals surface area contributed by atoms with Gasteiger partial charge in [-0.15, -0.1) is 0 Å². The summed E-state index contributed by atoms with van der Waals surface area (Å²) in [5.74, 6) is 0. The summed E-state index contributed by atoms with van der Waals surface area (Å²) in [7, 11) is 0. The third-order valence-corrected chi connectivity index (χ3v) is 3.34. The summed E-state index contributed by atoms with van der Waals surface area (Å²) in [6, 6.07) is 0. The van der Waals surface area contributed by atoms with Crippen molar-refractivity contribution in [2.75, 3.05) is 6.54 Å². The fourth-order valence-corrected chi connectivity index (χ4v) is 2.26. The second kappa shape index (κ2) is 11.0. The maximum Gasteiger partial charge on any atom is 0.116 e. The van der Waals surface area contributed by atoms with Crippen molar-refractivity contribution in [2.45, 2.75) is 90.7 Å². The summed E-state index contributed by atoms with van der Waals surface area (Å²) in [6.07, 6.45) is 11.5.